The van der Waals surface area contributed by atoms with Gasteiger partial charge in [-0.15, -0.1) is 0 Å². The van der Waals surface area contributed by atoms with Crippen molar-refractivity contribution < 1.29 is 14.6 Å². The maximum absolute atomic E-state index is 10.3. The summed E-state index contributed by atoms with van der Waals surface area (Å²) < 4.78 is 12.7. The Morgan fingerprint density at radius 2 is 1.89 bits per heavy atom. The second-order valence-electron chi connectivity index (χ2n) is 6.46. The minimum atomic E-state index is -0.596. The van der Waals surface area contributed by atoms with E-state index >= 15 is 0 Å². The number of aliphatic hydroxyl groups is 1. The lowest BCUT2D eigenvalue weighted by Crippen LogP contribution is -2.22. The van der Waals surface area contributed by atoms with Crippen LogP contribution in [0.1, 0.15) is 12.5 Å². The molecule has 0 aliphatic rings. The molecule has 0 bridgehead atoms. The third kappa shape index (κ3) is 4.38. The molecule has 0 aliphatic heterocycles. The standard InChI is InChI=1S/C22H26N2O3/c1-4-27-14-19(25)13-24-15-23-21(17-8-6-5-7-9-17)22(24)18-10-11-20(26-3)16(2)12-18/h5-12,15,19,25H,4,13-14H2,1-3H3/t19-/m1/s1. The first kappa shape index (κ1) is 19.1. The van der Waals surface area contributed by atoms with Crippen LogP contribution < -0.4 is 4.74 Å². The van der Waals surface area contributed by atoms with E-state index in [1.165, 1.54) is 0 Å². The molecule has 5 heteroatoms. The van der Waals surface area contributed by atoms with Crippen LogP contribution in [-0.2, 0) is 11.3 Å². The fraction of sp³-hybridized carbons (Fsp3) is 0.318. The molecule has 1 heterocycles. The van der Waals surface area contributed by atoms with Gasteiger partial charge in [-0.2, -0.15) is 0 Å². The monoisotopic (exact) mass is 366 g/mol. The van der Waals surface area contributed by atoms with E-state index in [1.54, 1.807) is 13.4 Å². The van der Waals surface area contributed by atoms with Gasteiger partial charge in [0.05, 0.1) is 44.1 Å². The molecule has 0 fully saturated rings. The molecule has 3 aromatic rings. The smallest absolute Gasteiger partial charge is 0.121 e. The molecule has 1 N–H and O–H groups in total. The van der Waals surface area contributed by atoms with E-state index in [1.807, 2.05) is 60.9 Å². The Bertz CT molecular complexity index is 875. The lowest BCUT2D eigenvalue weighted by Gasteiger charge is -2.16. The van der Waals surface area contributed by atoms with Crippen LogP contribution in [0.2, 0.25) is 0 Å². The molecule has 142 valence electrons. The van der Waals surface area contributed by atoms with Gasteiger partial charge in [-0.25, -0.2) is 4.98 Å². The van der Waals surface area contributed by atoms with Gasteiger partial charge >= 0.3 is 0 Å². The number of ether oxygens (including phenoxy) is 2. The molecule has 2 aromatic carbocycles. The molecular weight excluding hydrogens is 340 g/mol. The van der Waals surface area contributed by atoms with Crippen molar-refractivity contribution in [2.45, 2.75) is 26.5 Å². The molecule has 0 amide bonds. The Balaban J connectivity index is 2.05. The summed E-state index contributed by atoms with van der Waals surface area (Å²) >= 11 is 0. The van der Waals surface area contributed by atoms with Crippen LogP contribution in [0, 0.1) is 6.92 Å². The molecule has 0 radical (unpaired) electrons. The molecule has 27 heavy (non-hydrogen) atoms. The lowest BCUT2D eigenvalue weighted by atomic mass is 10.0. The third-order valence-electron chi connectivity index (χ3n) is 4.48. The summed E-state index contributed by atoms with van der Waals surface area (Å²) in [5.74, 6) is 0.849. The average molecular weight is 366 g/mol. The van der Waals surface area contributed by atoms with E-state index in [4.69, 9.17) is 9.47 Å². The van der Waals surface area contributed by atoms with Gasteiger partial charge in [0.2, 0.25) is 0 Å². The zero-order chi connectivity index (χ0) is 19.2. The van der Waals surface area contributed by atoms with Crippen LogP contribution in [0.15, 0.2) is 54.9 Å². The maximum atomic E-state index is 10.3. The molecule has 0 saturated carbocycles. The maximum Gasteiger partial charge on any atom is 0.121 e. The summed E-state index contributed by atoms with van der Waals surface area (Å²) in [6.07, 6.45) is 1.19. The molecule has 0 saturated heterocycles. The van der Waals surface area contributed by atoms with Crippen LogP contribution in [0.3, 0.4) is 0 Å². The highest BCUT2D eigenvalue weighted by Crippen LogP contribution is 2.33. The number of aliphatic hydroxyl groups excluding tert-OH is 1. The molecule has 5 nitrogen and oxygen atoms in total. The first-order valence-corrected chi connectivity index (χ1v) is 9.15. The molecule has 1 aromatic heterocycles. The van der Waals surface area contributed by atoms with Gasteiger partial charge < -0.3 is 19.1 Å². The summed E-state index contributed by atoms with van der Waals surface area (Å²) in [6, 6.07) is 16.2. The van der Waals surface area contributed by atoms with Gasteiger partial charge in [0.15, 0.2) is 0 Å². The highest BCUT2D eigenvalue weighted by molar-refractivity contribution is 5.79. The molecule has 3 rings (SSSR count). The van der Waals surface area contributed by atoms with Crippen molar-refractivity contribution in [3.05, 3.63) is 60.4 Å². The third-order valence-corrected chi connectivity index (χ3v) is 4.48. The van der Waals surface area contributed by atoms with Gasteiger partial charge in [0.25, 0.3) is 0 Å². The predicted octanol–water partition coefficient (Wildman–Crippen LogP) is 3.93. The van der Waals surface area contributed by atoms with Gasteiger partial charge in [-0.1, -0.05) is 30.3 Å². The SMILES string of the molecule is CCOC[C@H](O)Cn1cnc(-c2ccccc2)c1-c1ccc(OC)c(C)c1. The Kier molecular flexibility index (Phi) is 6.27. The van der Waals surface area contributed by atoms with Crippen molar-refractivity contribution in [1.82, 2.24) is 9.55 Å². The van der Waals surface area contributed by atoms with Crippen LogP contribution in [0.25, 0.3) is 22.5 Å². The predicted molar refractivity (Wildman–Crippen MR) is 107 cm³/mol. The fourth-order valence-electron chi connectivity index (χ4n) is 3.19. The summed E-state index contributed by atoms with van der Waals surface area (Å²) in [6.45, 7) is 5.25. The van der Waals surface area contributed by atoms with Crippen LogP contribution in [0.4, 0.5) is 0 Å². The molecule has 1 atom stereocenters. The van der Waals surface area contributed by atoms with E-state index in [0.29, 0.717) is 19.8 Å². The summed E-state index contributed by atoms with van der Waals surface area (Å²) in [5.41, 5.74) is 5.00. The van der Waals surface area contributed by atoms with Crippen molar-refractivity contribution in [1.29, 1.82) is 0 Å². The van der Waals surface area contributed by atoms with Crippen molar-refractivity contribution in [3.63, 3.8) is 0 Å². The number of nitrogens with zero attached hydrogens (tertiary/aromatic N) is 2. The number of imidazole rings is 1. The summed E-state index contributed by atoms with van der Waals surface area (Å²) in [4.78, 5) is 4.65. The van der Waals surface area contributed by atoms with Crippen molar-refractivity contribution in [2.75, 3.05) is 20.3 Å². The number of hydrogen-bond donors (Lipinski definition) is 1. The minimum Gasteiger partial charge on any atom is -0.496 e. The number of aromatic nitrogens is 2. The molecule has 0 spiro atoms. The van der Waals surface area contributed by atoms with Gasteiger partial charge in [0, 0.05) is 17.7 Å². The zero-order valence-electron chi connectivity index (χ0n) is 16.1. The largest absolute Gasteiger partial charge is 0.496 e. The van der Waals surface area contributed by atoms with Crippen LogP contribution in [-0.4, -0.2) is 41.1 Å². The summed E-state index contributed by atoms with van der Waals surface area (Å²) in [7, 11) is 1.67. The molecule has 0 aliphatic carbocycles. The number of methoxy groups -OCH3 is 1. The van der Waals surface area contributed by atoms with E-state index in [9.17, 15) is 5.11 Å². The van der Waals surface area contributed by atoms with E-state index < -0.39 is 6.10 Å². The highest BCUT2D eigenvalue weighted by Gasteiger charge is 2.18. The highest BCUT2D eigenvalue weighted by atomic mass is 16.5. The van der Waals surface area contributed by atoms with Gasteiger partial charge in [-0.05, 0) is 37.6 Å². The van der Waals surface area contributed by atoms with Crippen molar-refractivity contribution in [3.8, 4) is 28.3 Å². The number of rotatable bonds is 8. The van der Waals surface area contributed by atoms with Gasteiger partial charge in [0.1, 0.15) is 5.75 Å². The van der Waals surface area contributed by atoms with E-state index in [2.05, 4.69) is 11.1 Å². The molecule has 0 unspecified atom stereocenters. The molecular formula is C22H26N2O3. The Hall–Kier alpha value is -2.63. The normalized spacial score (nSPS) is 12.1. The average Bonchev–Trinajstić information content (AvgIpc) is 3.10. The van der Waals surface area contributed by atoms with Crippen molar-refractivity contribution in [2.24, 2.45) is 0 Å². The minimum absolute atomic E-state index is 0.302. The van der Waals surface area contributed by atoms with Crippen LogP contribution >= 0.6 is 0 Å². The lowest BCUT2D eigenvalue weighted by molar-refractivity contribution is 0.0337. The first-order chi connectivity index (χ1) is 13.1. The number of benzene rings is 2. The Labute approximate surface area is 160 Å². The topological polar surface area (TPSA) is 56.5 Å². The second-order valence-corrected chi connectivity index (χ2v) is 6.46. The fourth-order valence-corrected chi connectivity index (χ4v) is 3.19. The van der Waals surface area contributed by atoms with Crippen LogP contribution in [0.5, 0.6) is 5.75 Å². The quantitative estimate of drug-likeness (QED) is 0.656. The van der Waals surface area contributed by atoms with E-state index in [0.717, 1.165) is 33.8 Å². The summed E-state index contributed by atoms with van der Waals surface area (Å²) in [5, 5.41) is 10.3. The van der Waals surface area contributed by atoms with E-state index in [-0.39, 0.29) is 0 Å². The Morgan fingerprint density at radius 1 is 1.11 bits per heavy atom. The Morgan fingerprint density at radius 3 is 2.56 bits per heavy atom. The second kappa shape index (κ2) is 8.84. The number of aryl methyl sites for hydroxylation is 1. The zero-order valence-corrected chi connectivity index (χ0v) is 16.1. The van der Waals surface area contributed by atoms with Crippen molar-refractivity contribution >= 4 is 0 Å². The first-order valence-electron chi connectivity index (χ1n) is 9.15. The number of hydrogen-bond acceptors (Lipinski definition) is 4. The van der Waals surface area contributed by atoms with Gasteiger partial charge in [-0.3, -0.25) is 0 Å².